The molecule has 2 aromatic rings. The molecule has 0 amide bonds. The number of aryl methyl sites for hydroxylation is 2. The fraction of sp³-hybridized carbons (Fsp3) is 0.312. The van der Waals surface area contributed by atoms with Gasteiger partial charge < -0.3 is 9.47 Å². The standard InChI is InChI=1S/C16H21N3O2/c1-10-5-11(2)15(18-9-10)16(19-17)12-6-13(20-3)8-14(7-12)21-4/h5-9,16,19H,17H2,1-4H3. The van der Waals surface area contributed by atoms with Crippen molar-refractivity contribution in [1.82, 2.24) is 10.4 Å². The average Bonchev–Trinajstić information content (AvgIpc) is 2.49. The Morgan fingerprint density at radius 3 is 2.14 bits per heavy atom. The zero-order valence-electron chi connectivity index (χ0n) is 12.8. The molecule has 1 aromatic heterocycles. The van der Waals surface area contributed by atoms with Crippen molar-refractivity contribution in [1.29, 1.82) is 0 Å². The van der Waals surface area contributed by atoms with Gasteiger partial charge in [0, 0.05) is 12.3 Å². The Morgan fingerprint density at radius 1 is 1.05 bits per heavy atom. The van der Waals surface area contributed by atoms with Crippen LogP contribution in [-0.2, 0) is 0 Å². The van der Waals surface area contributed by atoms with Crippen LogP contribution in [0.3, 0.4) is 0 Å². The van der Waals surface area contributed by atoms with Crippen molar-refractivity contribution in [2.75, 3.05) is 14.2 Å². The van der Waals surface area contributed by atoms with Crippen LogP contribution in [0.15, 0.2) is 30.5 Å². The number of aromatic nitrogens is 1. The summed E-state index contributed by atoms with van der Waals surface area (Å²) in [6.45, 7) is 4.04. The molecule has 0 bridgehead atoms. The maximum Gasteiger partial charge on any atom is 0.122 e. The molecule has 0 radical (unpaired) electrons. The molecule has 0 spiro atoms. The number of pyridine rings is 1. The summed E-state index contributed by atoms with van der Waals surface area (Å²) in [6.07, 6.45) is 1.84. The second-order valence-electron chi connectivity index (χ2n) is 4.96. The van der Waals surface area contributed by atoms with Gasteiger partial charge in [0.25, 0.3) is 0 Å². The lowest BCUT2D eigenvalue weighted by molar-refractivity contribution is 0.392. The van der Waals surface area contributed by atoms with Crippen molar-refractivity contribution < 1.29 is 9.47 Å². The van der Waals surface area contributed by atoms with Crippen LogP contribution in [0.4, 0.5) is 0 Å². The zero-order chi connectivity index (χ0) is 15.4. The lowest BCUT2D eigenvalue weighted by Crippen LogP contribution is -2.30. The van der Waals surface area contributed by atoms with E-state index in [1.54, 1.807) is 14.2 Å². The third-order valence-corrected chi connectivity index (χ3v) is 3.40. The number of ether oxygens (including phenoxy) is 2. The summed E-state index contributed by atoms with van der Waals surface area (Å²) in [5, 5.41) is 0. The topological polar surface area (TPSA) is 69.4 Å². The summed E-state index contributed by atoms with van der Waals surface area (Å²) >= 11 is 0. The summed E-state index contributed by atoms with van der Waals surface area (Å²) in [5.41, 5.74) is 6.85. The minimum absolute atomic E-state index is 0.227. The highest BCUT2D eigenvalue weighted by molar-refractivity contribution is 5.43. The number of rotatable bonds is 5. The molecule has 3 N–H and O–H groups in total. The minimum atomic E-state index is -0.227. The smallest absolute Gasteiger partial charge is 0.122 e. The van der Waals surface area contributed by atoms with Crippen LogP contribution in [0.25, 0.3) is 0 Å². The molecule has 0 aliphatic rings. The van der Waals surface area contributed by atoms with E-state index in [0.717, 1.165) is 33.9 Å². The van der Waals surface area contributed by atoms with Crippen molar-refractivity contribution in [2.24, 2.45) is 5.84 Å². The molecule has 21 heavy (non-hydrogen) atoms. The van der Waals surface area contributed by atoms with Gasteiger partial charge in [0.15, 0.2) is 0 Å². The van der Waals surface area contributed by atoms with Gasteiger partial charge in [-0.3, -0.25) is 10.8 Å². The number of benzene rings is 1. The normalized spacial score (nSPS) is 12.0. The number of hydrogen-bond donors (Lipinski definition) is 2. The van der Waals surface area contributed by atoms with E-state index in [1.165, 1.54) is 0 Å². The van der Waals surface area contributed by atoms with Crippen molar-refractivity contribution in [3.05, 3.63) is 52.8 Å². The number of nitrogens with two attached hydrogens (primary N) is 1. The van der Waals surface area contributed by atoms with Gasteiger partial charge in [-0.25, -0.2) is 5.43 Å². The van der Waals surface area contributed by atoms with Crippen LogP contribution in [0.5, 0.6) is 11.5 Å². The van der Waals surface area contributed by atoms with Gasteiger partial charge in [0.1, 0.15) is 11.5 Å². The highest BCUT2D eigenvalue weighted by Crippen LogP contribution is 2.30. The highest BCUT2D eigenvalue weighted by atomic mass is 16.5. The Bertz CT molecular complexity index is 607. The molecule has 0 saturated heterocycles. The lowest BCUT2D eigenvalue weighted by atomic mass is 9.99. The zero-order valence-corrected chi connectivity index (χ0v) is 12.8. The summed E-state index contributed by atoms with van der Waals surface area (Å²) in [4.78, 5) is 4.51. The van der Waals surface area contributed by atoms with Crippen molar-refractivity contribution in [3.8, 4) is 11.5 Å². The first-order chi connectivity index (χ1) is 10.1. The molecule has 5 nitrogen and oxygen atoms in total. The van der Waals surface area contributed by atoms with E-state index in [0.29, 0.717) is 0 Å². The Hall–Kier alpha value is -2.11. The van der Waals surface area contributed by atoms with Gasteiger partial charge >= 0.3 is 0 Å². The monoisotopic (exact) mass is 287 g/mol. The number of hydrazine groups is 1. The fourth-order valence-electron chi connectivity index (χ4n) is 2.36. The van der Waals surface area contributed by atoms with Crippen molar-refractivity contribution in [2.45, 2.75) is 19.9 Å². The number of hydrogen-bond acceptors (Lipinski definition) is 5. The predicted octanol–water partition coefficient (Wildman–Crippen LogP) is 2.27. The van der Waals surface area contributed by atoms with Crippen LogP contribution in [-0.4, -0.2) is 19.2 Å². The molecule has 1 unspecified atom stereocenters. The Kier molecular flexibility index (Phi) is 4.77. The maximum atomic E-state index is 5.76. The summed E-state index contributed by atoms with van der Waals surface area (Å²) in [6, 6.07) is 7.54. The molecule has 1 heterocycles. The van der Waals surface area contributed by atoms with Crippen LogP contribution in [0.1, 0.15) is 28.4 Å². The van der Waals surface area contributed by atoms with Gasteiger partial charge in [-0.1, -0.05) is 6.07 Å². The van der Waals surface area contributed by atoms with Crippen molar-refractivity contribution >= 4 is 0 Å². The Labute approximate surface area is 125 Å². The van der Waals surface area contributed by atoms with Gasteiger partial charge in [-0.15, -0.1) is 0 Å². The number of nitrogens with zero attached hydrogens (tertiary/aromatic N) is 1. The molecule has 2 rings (SSSR count). The molecular weight excluding hydrogens is 266 g/mol. The van der Waals surface area contributed by atoms with Crippen LogP contribution in [0.2, 0.25) is 0 Å². The van der Waals surface area contributed by atoms with E-state index in [-0.39, 0.29) is 6.04 Å². The van der Waals surface area contributed by atoms with E-state index < -0.39 is 0 Å². The first kappa shape index (κ1) is 15.3. The van der Waals surface area contributed by atoms with Crippen LogP contribution in [0, 0.1) is 13.8 Å². The highest BCUT2D eigenvalue weighted by Gasteiger charge is 2.18. The first-order valence-electron chi connectivity index (χ1n) is 6.71. The molecule has 0 aliphatic heterocycles. The third kappa shape index (κ3) is 3.32. The summed E-state index contributed by atoms with van der Waals surface area (Å²) < 4.78 is 10.6. The van der Waals surface area contributed by atoms with E-state index in [1.807, 2.05) is 38.2 Å². The molecular formula is C16H21N3O2. The fourth-order valence-corrected chi connectivity index (χ4v) is 2.36. The molecule has 0 saturated carbocycles. The second-order valence-corrected chi connectivity index (χ2v) is 4.96. The SMILES string of the molecule is COc1cc(OC)cc(C(NN)c2ncc(C)cc2C)c1. The molecule has 1 atom stereocenters. The molecule has 1 aromatic carbocycles. The molecule has 0 aliphatic carbocycles. The van der Waals surface area contributed by atoms with E-state index >= 15 is 0 Å². The van der Waals surface area contributed by atoms with Gasteiger partial charge in [-0.05, 0) is 42.7 Å². The van der Waals surface area contributed by atoms with Gasteiger partial charge in [-0.2, -0.15) is 0 Å². The quantitative estimate of drug-likeness (QED) is 0.652. The maximum absolute atomic E-state index is 5.76. The van der Waals surface area contributed by atoms with E-state index in [9.17, 15) is 0 Å². The third-order valence-electron chi connectivity index (χ3n) is 3.40. The van der Waals surface area contributed by atoms with Gasteiger partial charge in [0.05, 0.1) is 26.0 Å². The minimum Gasteiger partial charge on any atom is -0.497 e. The number of nitrogens with one attached hydrogen (secondary N) is 1. The summed E-state index contributed by atoms with van der Waals surface area (Å²) in [5.74, 6) is 7.19. The lowest BCUT2D eigenvalue weighted by Gasteiger charge is -2.19. The first-order valence-corrected chi connectivity index (χ1v) is 6.71. The predicted molar refractivity (Wildman–Crippen MR) is 82.4 cm³/mol. The van der Waals surface area contributed by atoms with Crippen LogP contribution >= 0.6 is 0 Å². The van der Waals surface area contributed by atoms with Crippen LogP contribution < -0.4 is 20.7 Å². The average molecular weight is 287 g/mol. The second kappa shape index (κ2) is 6.56. The van der Waals surface area contributed by atoms with E-state index in [4.69, 9.17) is 15.3 Å². The van der Waals surface area contributed by atoms with Gasteiger partial charge in [0.2, 0.25) is 0 Å². The number of methoxy groups -OCH3 is 2. The van der Waals surface area contributed by atoms with Crippen molar-refractivity contribution in [3.63, 3.8) is 0 Å². The molecule has 5 heteroatoms. The Balaban J connectivity index is 2.50. The summed E-state index contributed by atoms with van der Waals surface area (Å²) in [7, 11) is 3.25. The largest absolute Gasteiger partial charge is 0.497 e. The molecule has 112 valence electrons. The molecule has 0 fully saturated rings. The van der Waals surface area contributed by atoms with E-state index in [2.05, 4.69) is 16.5 Å². The Morgan fingerprint density at radius 2 is 1.67 bits per heavy atom.